The Hall–Kier alpha value is -2.89. The Balaban J connectivity index is 1.70. The molecule has 0 spiro atoms. The van der Waals surface area contributed by atoms with Gasteiger partial charge in [-0.3, -0.25) is 4.79 Å². The van der Waals surface area contributed by atoms with E-state index in [2.05, 4.69) is 11.4 Å². The van der Waals surface area contributed by atoms with E-state index in [4.69, 9.17) is 10.00 Å². The van der Waals surface area contributed by atoms with Crippen molar-refractivity contribution < 1.29 is 17.9 Å². The molecule has 0 saturated carbocycles. The van der Waals surface area contributed by atoms with Gasteiger partial charge in [0.1, 0.15) is 5.75 Å². The Morgan fingerprint density at radius 1 is 1.27 bits per heavy atom. The second kappa shape index (κ2) is 9.28. The maximum atomic E-state index is 13.1. The first-order valence-corrected chi connectivity index (χ1v) is 11.2. The Morgan fingerprint density at radius 3 is 2.63 bits per heavy atom. The number of aryl methyl sites for hydroxylation is 1. The SMILES string of the molecule is COc1ccc(S(=O)(=O)N2CCC[C@H](C(=O)Nc3ccc(CC#N)cc3)C2)cc1C. The highest BCUT2D eigenvalue weighted by molar-refractivity contribution is 7.89. The number of carbonyl (C=O) groups is 1. The van der Waals surface area contributed by atoms with Crippen molar-refractivity contribution in [2.45, 2.75) is 31.1 Å². The fourth-order valence-corrected chi connectivity index (χ4v) is 5.19. The van der Waals surface area contributed by atoms with E-state index >= 15 is 0 Å². The number of piperidine rings is 1. The smallest absolute Gasteiger partial charge is 0.243 e. The number of hydrogen-bond acceptors (Lipinski definition) is 5. The van der Waals surface area contributed by atoms with Gasteiger partial charge in [-0.15, -0.1) is 0 Å². The van der Waals surface area contributed by atoms with Crippen molar-refractivity contribution >= 4 is 21.6 Å². The molecule has 158 valence electrons. The molecule has 1 heterocycles. The number of nitrogens with zero attached hydrogens (tertiary/aromatic N) is 2. The van der Waals surface area contributed by atoms with Gasteiger partial charge in [-0.2, -0.15) is 9.57 Å². The van der Waals surface area contributed by atoms with E-state index in [1.807, 2.05) is 0 Å². The van der Waals surface area contributed by atoms with Crippen LogP contribution in [0, 0.1) is 24.2 Å². The summed E-state index contributed by atoms with van der Waals surface area (Å²) in [4.78, 5) is 12.9. The number of hydrogen-bond donors (Lipinski definition) is 1. The van der Waals surface area contributed by atoms with Crippen LogP contribution in [0.3, 0.4) is 0 Å². The number of anilines is 1. The molecule has 2 aromatic rings. The van der Waals surface area contributed by atoms with Crippen LogP contribution in [0.5, 0.6) is 5.75 Å². The summed E-state index contributed by atoms with van der Waals surface area (Å²) < 4.78 is 32.8. The highest BCUT2D eigenvalue weighted by Crippen LogP contribution is 2.27. The lowest BCUT2D eigenvalue weighted by atomic mass is 9.98. The first kappa shape index (κ1) is 21.8. The van der Waals surface area contributed by atoms with Gasteiger partial charge in [0.25, 0.3) is 0 Å². The molecule has 0 aromatic heterocycles. The van der Waals surface area contributed by atoms with Crippen LogP contribution in [0.4, 0.5) is 5.69 Å². The molecule has 3 rings (SSSR count). The van der Waals surface area contributed by atoms with Gasteiger partial charge in [0.15, 0.2) is 0 Å². The molecule has 7 nitrogen and oxygen atoms in total. The van der Waals surface area contributed by atoms with Gasteiger partial charge in [-0.25, -0.2) is 8.42 Å². The van der Waals surface area contributed by atoms with Crippen LogP contribution in [0.15, 0.2) is 47.4 Å². The van der Waals surface area contributed by atoms with Crippen molar-refractivity contribution in [2.24, 2.45) is 5.92 Å². The zero-order chi connectivity index (χ0) is 21.7. The van der Waals surface area contributed by atoms with E-state index in [1.54, 1.807) is 50.4 Å². The molecule has 0 radical (unpaired) electrons. The van der Waals surface area contributed by atoms with Crippen LogP contribution in [0.2, 0.25) is 0 Å². The fraction of sp³-hybridized carbons (Fsp3) is 0.364. The van der Waals surface area contributed by atoms with E-state index in [0.29, 0.717) is 37.2 Å². The van der Waals surface area contributed by atoms with Gasteiger partial charge >= 0.3 is 0 Å². The second-order valence-corrected chi connectivity index (χ2v) is 9.29. The molecular weight excluding hydrogens is 402 g/mol. The summed E-state index contributed by atoms with van der Waals surface area (Å²) >= 11 is 0. The van der Waals surface area contributed by atoms with Crippen molar-refractivity contribution in [3.63, 3.8) is 0 Å². The predicted octanol–water partition coefficient (Wildman–Crippen LogP) is 3.11. The summed E-state index contributed by atoms with van der Waals surface area (Å²) in [5.41, 5.74) is 2.25. The number of sulfonamides is 1. The lowest BCUT2D eigenvalue weighted by molar-refractivity contribution is -0.120. The number of rotatable bonds is 6. The zero-order valence-electron chi connectivity index (χ0n) is 17.1. The van der Waals surface area contributed by atoms with Crippen LogP contribution in [-0.2, 0) is 21.2 Å². The highest BCUT2D eigenvalue weighted by Gasteiger charge is 2.33. The third-order valence-corrected chi connectivity index (χ3v) is 7.12. The number of amides is 1. The molecule has 1 fully saturated rings. The van der Waals surface area contributed by atoms with E-state index in [9.17, 15) is 13.2 Å². The van der Waals surface area contributed by atoms with Crippen LogP contribution in [-0.4, -0.2) is 38.8 Å². The van der Waals surface area contributed by atoms with Crippen LogP contribution >= 0.6 is 0 Å². The quantitative estimate of drug-likeness (QED) is 0.764. The van der Waals surface area contributed by atoms with E-state index in [0.717, 1.165) is 11.1 Å². The minimum atomic E-state index is -3.69. The van der Waals surface area contributed by atoms with Gasteiger partial charge in [0, 0.05) is 18.8 Å². The van der Waals surface area contributed by atoms with Crippen molar-refractivity contribution in [3.05, 3.63) is 53.6 Å². The maximum Gasteiger partial charge on any atom is 0.243 e. The summed E-state index contributed by atoms with van der Waals surface area (Å²) in [5.74, 6) is 0.00568. The Labute approximate surface area is 177 Å². The molecule has 0 aliphatic carbocycles. The molecule has 30 heavy (non-hydrogen) atoms. The van der Waals surface area contributed by atoms with Crippen molar-refractivity contribution in [1.29, 1.82) is 5.26 Å². The molecule has 0 unspecified atom stereocenters. The van der Waals surface area contributed by atoms with Gasteiger partial charge in [-0.05, 0) is 61.2 Å². The van der Waals surface area contributed by atoms with Crippen molar-refractivity contribution in [1.82, 2.24) is 4.31 Å². The lowest BCUT2D eigenvalue weighted by Crippen LogP contribution is -2.43. The molecule has 1 saturated heterocycles. The lowest BCUT2D eigenvalue weighted by Gasteiger charge is -2.31. The monoisotopic (exact) mass is 427 g/mol. The summed E-state index contributed by atoms with van der Waals surface area (Å²) in [6.07, 6.45) is 1.56. The normalized spacial score (nSPS) is 17.2. The average Bonchev–Trinajstić information content (AvgIpc) is 2.75. The van der Waals surface area contributed by atoms with Gasteiger partial charge < -0.3 is 10.1 Å². The van der Waals surface area contributed by atoms with Crippen LogP contribution in [0.25, 0.3) is 0 Å². The number of benzene rings is 2. The number of carbonyl (C=O) groups excluding carboxylic acids is 1. The Kier molecular flexibility index (Phi) is 6.75. The first-order chi connectivity index (χ1) is 14.3. The largest absolute Gasteiger partial charge is 0.496 e. The Morgan fingerprint density at radius 2 is 2.00 bits per heavy atom. The average molecular weight is 428 g/mol. The molecule has 1 atom stereocenters. The fourth-order valence-electron chi connectivity index (χ4n) is 3.58. The summed E-state index contributed by atoms with van der Waals surface area (Å²) in [6, 6.07) is 14.0. The zero-order valence-corrected chi connectivity index (χ0v) is 17.9. The third kappa shape index (κ3) is 4.81. The molecule has 0 bridgehead atoms. The number of nitrogens with one attached hydrogen (secondary N) is 1. The van der Waals surface area contributed by atoms with E-state index in [-0.39, 0.29) is 17.3 Å². The van der Waals surface area contributed by atoms with Crippen LogP contribution < -0.4 is 10.1 Å². The first-order valence-electron chi connectivity index (χ1n) is 9.76. The van der Waals surface area contributed by atoms with Gasteiger partial charge in [0.05, 0.1) is 30.4 Å². The highest BCUT2D eigenvalue weighted by atomic mass is 32.2. The minimum absolute atomic E-state index is 0.145. The standard InChI is InChI=1S/C22H25N3O4S/c1-16-14-20(9-10-21(16)29-2)30(27,28)25-13-3-4-18(15-25)22(26)24-19-7-5-17(6-8-19)11-12-23/h5-10,14,18H,3-4,11,13,15H2,1-2H3,(H,24,26)/t18-/m0/s1. The molecular formula is C22H25N3O4S. The number of methoxy groups -OCH3 is 1. The van der Waals surface area contributed by atoms with Gasteiger partial charge in [0.2, 0.25) is 15.9 Å². The molecule has 1 aliphatic heterocycles. The maximum absolute atomic E-state index is 13.1. The van der Waals surface area contributed by atoms with Crippen molar-refractivity contribution in [3.8, 4) is 11.8 Å². The molecule has 8 heteroatoms. The van der Waals surface area contributed by atoms with E-state index < -0.39 is 15.9 Å². The predicted molar refractivity (Wildman–Crippen MR) is 114 cm³/mol. The molecule has 1 amide bonds. The van der Waals surface area contributed by atoms with Crippen molar-refractivity contribution in [2.75, 3.05) is 25.5 Å². The van der Waals surface area contributed by atoms with Crippen LogP contribution in [0.1, 0.15) is 24.0 Å². The van der Waals surface area contributed by atoms with E-state index in [1.165, 1.54) is 10.4 Å². The summed E-state index contributed by atoms with van der Waals surface area (Å²) in [7, 11) is -2.15. The summed E-state index contributed by atoms with van der Waals surface area (Å²) in [5, 5.41) is 11.6. The second-order valence-electron chi connectivity index (χ2n) is 7.35. The number of ether oxygens (including phenoxy) is 1. The van der Waals surface area contributed by atoms with Gasteiger partial charge in [-0.1, -0.05) is 12.1 Å². The Bertz CT molecular complexity index is 1060. The molecule has 1 N–H and O–H groups in total. The molecule has 2 aromatic carbocycles. The number of nitriles is 1. The topological polar surface area (TPSA) is 99.5 Å². The molecule has 1 aliphatic rings. The minimum Gasteiger partial charge on any atom is -0.496 e. The third-order valence-electron chi connectivity index (χ3n) is 5.26. The summed E-state index contributed by atoms with van der Waals surface area (Å²) in [6.45, 7) is 2.33.